The van der Waals surface area contributed by atoms with Crippen molar-refractivity contribution in [2.24, 2.45) is 5.92 Å². The van der Waals surface area contributed by atoms with Gasteiger partial charge in [0.1, 0.15) is 0 Å². The second-order valence-electron chi connectivity index (χ2n) is 3.12. The van der Waals surface area contributed by atoms with E-state index in [0.29, 0.717) is 6.04 Å². The molecule has 0 saturated heterocycles. The molecule has 0 aliphatic heterocycles. The van der Waals surface area contributed by atoms with E-state index in [-0.39, 0.29) is 0 Å². The van der Waals surface area contributed by atoms with Crippen molar-refractivity contribution in [1.82, 2.24) is 5.32 Å². The molecule has 0 aromatic carbocycles. The van der Waals surface area contributed by atoms with Crippen LogP contribution in [0.4, 0.5) is 0 Å². The van der Waals surface area contributed by atoms with E-state index in [9.17, 15) is 0 Å². The van der Waals surface area contributed by atoms with Crippen molar-refractivity contribution in [1.29, 1.82) is 0 Å². The third-order valence-electron chi connectivity index (χ3n) is 1.31. The first-order chi connectivity index (χ1) is 4.66. The predicted molar refractivity (Wildman–Crippen MR) is 50.7 cm³/mol. The van der Waals surface area contributed by atoms with Crippen LogP contribution in [-0.2, 0) is 0 Å². The molecule has 0 heterocycles. The van der Waals surface area contributed by atoms with Crippen LogP contribution in [0, 0.1) is 5.92 Å². The van der Waals surface area contributed by atoms with E-state index in [0.717, 1.165) is 5.92 Å². The van der Waals surface area contributed by atoms with Crippen molar-refractivity contribution in [3.8, 4) is 0 Å². The van der Waals surface area contributed by atoms with Crippen LogP contribution in [0.1, 0.15) is 20.8 Å². The summed E-state index contributed by atoms with van der Waals surface area (Å²) in [7, 11) is 2.01. The summed E-state index contributed by atoms with van der Waals surface area (Å²) in [6.45, 7) is 6.74. The van der Waals surface area contributed by atoms with Gasteiger partial charge in [0.2, 0.25) is 0 Å². The number of thioether (sulfide) groups is 1. The minimum atomic E-state index is 0.656. The Kier molecular flexibility index (Phi) is 6.24. The first-order valence-corrected chi connectivity index (χ1v) is 5.07. The molecule has 0 amide bonds. The Bertz CT molecular complexity index is 73.7. The standard InChI is InChI=1S/C8H19NS/c1-7(2)5-10-6-8(3)9-4/h7-9H,5-6H2,1-4H3. The lowest BCUT2D eigenvalue weighted by Gasteiger charge is -2.10. The van der Waals surface area contributed by atoms with Crippen LogP contribution < -0.4 is 5.32 Å². The zero-order chi connectivity index (χ0) is 7.98. The average Bonchev–Trinajstić information content (AvgIpc) is 1.87. The summed E-state index contributed by atoms with van der Waals surface area (Å²) in [5.41, 5.74) is 0. The maximum Gasteiger partial charge on any atom is 0.0126 e. The van der Waals surface area contributed by atoms with Gasteiger partial charge in [-0.3, -0.25) is 0 Å². The number of hydrogen-bond acceptors (Lipinski definition) is 2. The van der Waals surface area contributed by atoms with Crippen LogP contribution in [0.2, 0.25) is 0 Å². The van der Waals surface area contributed by atoms with Crippen LogP contribution >= 0.6 is 11.8 Å². The van der Waals surface area contributed by atoms with Crippen LogP contribution in [0.5, 0.6) is 0 Å². The minimum Gasteiger partial charge on any atom is -0.316 e. The second-order valence-corrected chi connectivity index (χ2v) is 4.20. The van der Waals surface area contributed by atoms with E-state index in [1.165, 1.54) is 11.5 Å². The highest BCUT2D eigenvalue weighted by Crippen LogP contribution is 2.08. The van der Waals surface area contributed by atoms with Crippen LogP contribution in [0.25, 0.3) is 0 Å². The number of rotatable bonds is 5. The van der Waals surface area contributed by atoms with Crippen molar-refractivity contribution in [3.63, 3.8) is 0 Å². The topological polar surface area (TPSA) is 12.0 Å². The Morgan fingerprint density at radius 1 is 1.20 bits per heavy atom. The van der Waals surface area contributed by atoms with Gasteiger partial charge >= 0.3 is 0 Å². The first-order valence-electron chi connectivity index (χ1n) is 3.91. The molecule has 0 aliphatic carbocycles. The van der Waals surface area contributed by atoms with Gasteiger partial charge in [-0.2, -0.15) is 11.8 Å². The van der Waals surface area contributed by atoms with Crippen molar-refractivity contribution in [3.05, 3.63) is 0 Å². The third-order valence-corrected chi connectivity index (χ3v) is 2.95. The fourth-order valence-corrected chi connectivity index (χ4v) is 1.69. The zero-order valence-corrected chi connectivity index (χ0v) is 8.29. The van der Waals surface area contributed by atoms with Gasteiger partial charge in [-0.15, -0.1) is 0 Å². The van der Waals surface area contributed by atoms with E-state index >= 15 is 0 Å². The van der Waals surface area contributed by atoms with Crippen molar-refractivity contribution in [2.75, 3.05) is 18.6 Å². The van der Waals surface area contributed by atoms with Crippen LogP contribution in [-0.4, -0.2) is 24.6 Å². The molecule has 0 aromatic heterocycles. The summed E-state index contributed by atoms with van der Waals surface area (Å²) in [4.78, 5) is 0. The smallest absolute Gasteiger partial charge is 0.0126 e. The molecule has 1 nitrogen and oxygen atoms in total. The first kappa shape index (κ1) is 10.3. The second kappa shape index (κ2) is 6.05. The highest BCUT2D eigenvalue weighted by atomic mass is 32.2. The van der Waals surface area contributed by atoms with E-state index in [2.05, 4.69) is 26.1 Å². The van der Waals surface area contributed by atoms with Gasteiger partial charge < -0.3 is 5.32 Å². The minimum absolute atomic E-state index is 0.656. The molecule has 1 unspecified atom stereocenters. The van der Waals surface area contributed by atoms with Gasteiger partial charge in [-0.25, -0.2) is 0 Å². The molecule has 0 radical (unpaired) electrons. The monoisotopic (exact) mass is 161 g/mol. The lowest BCUT2D eigenvalue weighted by molar-refractivity contribution is 0.674. The highest BCUT2D eigenvalue weighted by Gasteiger charge is 1.98. The van der Waals surface area contributed by atoms with E-state index in [1.54, 1.807) is 0 Å². The van der Waals surface area contributed by atoms with Gasteiger partial charge in [0.15, 0.2) is 0 Å². The Hall–Kier alpha value is 0.310. The van der Waals surface area contributed by atoms with Gasteiger partial charge in [-0.1, -0.05) is 13.8 Å². The lowest BCUT2D eigenvalue weighted by atomic mass is 10.3. The van der Waals surface area contributed by atoms with E-state index in [4.69, 9.17) is 0 Å². The zero-order valence-electron chi connectivity index (χ0n) is 7.48. The molecular weight excluding hydrogens is 142 g/mol. The van der Waals surface area contributed by atoms with Gasteiger partial charge in [-0.05, 0) is 25.6 Å². The van der Waals surface area contributed by atoms with Crippen LogP contribution in [0.15, 0.2) is 0 Å². The molecule has 0 spiro atoms. The van der Waals surface area contributed by atoms with E-state index in [1.807, 2.05) is 18.8 Å². The van der Waals surface area contributed by atoms with Crippen molar-refractivity contribution in [2.45, 2.75) is 26.8 Å². The summed E-state index contributed by atoms with van der Waals surface area (Å²) < 4.78 is 0. The largest absolute Gasteiger partial charge is 0.316 e. The van der Waals surface area contributed by atoms with Crippen molar-refractivity contribution < 1.29 is 0 Å². The molecule has 0 saturated carbocycles. The van der Waals surface area contributed by atoms with E-state index < -0.39 is 0 Å². The fraction of sp³-hybridized carbons (Fsp3) is 1.00. The maximum atomic E-state index is 3.22. The Balaban J connectivity index is 3.03. The normalized spacial score (nSPS) is 14.1. The molecule has 0 aliphatic rings. The Morgan fingerprint density at radius 2 is 1.80 bits per heavy atom. The van der Waals surface area contributed by atoms with Gasteiger partial charge in [0, 0.05) is 11.8 Å². The summed E-state index contributed by atoms with van der Waals surface area (Å²) in [5, 5.41) is 3.22. The van der Waals surface area contributed by atoms with Gasteiger partial charge in [0.25, 0.3) is 0 Å². The van der Waals surface area contributed by atoms with Crippen molar-refractivity contribution >= 4 is 11.8 Å². The summed E-state index contributed by atoms with van der Waals surface area (Å²) in [6, 6.07) is 0.656. The molecule has 1 atom stereocenters. The predicted octanol–water partition coefficient (Wildman–Crippen LogP) is 1.98. The molecular formula is C8H19NS. The summed E-state index contributed by atoms with van der Waals surface area (Å²) >= 11 is 2.03. The summed E-state index contributed by atoms with van der Waals surface area (Å²) in [5.74, 6) is 3.34. The van der Waals surface area contributed by atoms with Gasteiger partial charge in [0.05, 0.1) is 0 Å². The quantitative estimate of drug-likeness (QED) is 0.662. The number of hydrogen-bond donors (Lipinski definition) is 1. The molecule has 0 aromatic rings. The fourth-order valence-electron chi connectivity index (χ4n) is 0.564. The Labute approximate surface area is 69.0 Å². The molecule has 2 heteroatoms. The molecule has 0 rings (SSSR count). The molecule has 0 fully saturated rings. The molecule has 62 valence electrons. The third kappa shape index (κ3) is 6.43. The molecule has 0 bridgehead atoms. The maximum absolute atomic E-state index is 3.22. The lowest BCUT2D eigenvalue weighted by Crippen LogP contribution is -2.23. The average molecular weight is 161 g/mol. The highest BCUT2D eigenvalue weighted by molar-refractivity contribution is 7.99. The summed E-state index contributed by atoms with van der Waals surface area (Å²) in [6.07, 6.45) is 0. The Morgan fingerprint density at radius 3 is 2.20 bits per heavy atom. The number of nitrogens with one attached hydrogen (secondary N) is 1. The molecule has 10 heavy (non-hydrogen) atoms. The van der Waals surface area contributed by atoms with Crippen LogP contribution in [0.3, 0.4) is 0 Å². The molecule has 1 N–H and O–H groups in total. The SMILES string of the molecule is CNC(C)CSCC(C)C.